The van der Waals surface area contributed by atoms with Crippen LogP contribution < -0.4 is 5.32 Å². The summed E-state index contributed by atoms with van der Waals surface area (Å²) in [5.41, 5.74) is 3.55. The number of ketones is 1. The van der Waals surface area contributed by atoms with E-state index >= 15 is 0 Å². The summed E-state index contributed by atoms with van der Waals surface area (Å²) < 4.78 is 5.25. The lowest BCUT2D eigenvalue weighted by molar-refractivity contribution is 0.0979. The molecule has 1 aliphatic carbocycles. The maximum absolute atomic E-state index is 12.4. The van der Waals surface area contributed by atoms with Crippen LogP contribution >= 0.6 is 0 Å². The highest BCUT2D eigenvalue weighted by Crippen LogP contribution is 2.23. The van der Waals surface area contributed by atoms with Crippen LogP contribution in [0.1, 0.15) is 59.4 Å². The standard InChI is InChI=1S/C19H25N3O2/c1-13(20-2)11-18-21-19(24-22-18)10-9-17(23)16-8-7-14-5-3-4-6-15(14)12-16/h7-8,12-13,20H,3-6,9-11H2,1-2H3. The van der Waals surface area contributed by atoms with Crippen LogP contribution in [0.3, 0.4) is 0 Å². The molecule has 128 valence electrons. The van der Waals surface area contributed by atoms with E-state index in [4.69, 9.17) is 4.52 Å². The highest BCUT2D eigenvalue weighted by Gasteiger charge is 2.15. The van der Waals surface area contributed by atoms with E-state index in [2.05, 4.69) is 34.5 Å². The van der Waals surface area contributed by atoms with Crippen molar-refractivity contribution in [3.8, 4) is 0 Å². The molecule has 1 atom stereocenters. The van der Waals surface area contributed by atoms with E-state index in [0.29, 0.717) is 30.6 Å². The fourth-order valence-electron chi connectivity index (χ4n) is 3.12. The lowest BCUT2D eigenvalue weighted by Gasteiger charge is -2.16. The SMILES string of the molecule is CNC(C)Cc1noc(CCC(=O)c2ccc3c(c2)CCCC3)n1. The summed E-state index contributed by atoms with van der Waals surface area (Å²) in [7, 11) is 1.91. The van der Waals surface area contributed by atoms with Crippen LogP contribution in [-0.4, -0.2) is 29.0 Å². The number of rotatable bonds is 7. The maximum Gasteiger partial charge on any atom is 0.227 e. The molecule has 0 amide bonds. The number of aromatic nitrogens is 2. The smallest absolute Gasteiger partial charge is 0.227 e. The molecule has 2 aromatic rings. The van der Waals surface area contributed by atoms with Gasteiger partial charge >= 0.3 is 0 Å². The number of Topliss-reactive ketones (excluding diaryl/α,β-unsaturated/α-hetero) is 1. The molecule has 5 heteroatoms. The van der Waals surface area contributed by atoms with Gasteiger partial charge in [0.15, 0.2) is 11.6 Å². The number of hydrogen-bond acceptors (Lipinski definition) is 5. The molecule has 0 radical (unpaired) electrons. The molecule has 24 heavy (non-hydrogen) atoms. The lowest BCUT2D eigenvalue weighted by Crippen LogP contribution is -2.24. The minimum absolute atomic E-state index is 0.145. The van der Waals surface area contributed by atoms with Gasteiger partial charge in [-0.1, -0.05) is 17.3 Å². The normalized spacial score (nSPS) is 15.1. The number of fused-ring (bicyclic) bond motifs is 1. The predicted octanol–water partition coefficient (Wildman–Crippen LogP) is 2.91. The van der Waals surface area contributed by atoms with Gasteiger partial charge in [-0.05, 0) is 56.8 Å². The molecule has 5 nitrogen and oxygen atoms in total. The van der Waals surface area contributed by atoms with Gasteiger partial charge in [-0.2, -0.15) is 4.98 Å². The predicted molar refractivity (Wildman–Crippen MR) is 92.3 cm³/mol. The molecule has 1 heterocycles. The van der Waals surface area contributed by atoms with E-state index in [1.54, 1.807) is 0 Å². The Kier molecular flexibility index (Phi) is 5.41. The van der Waals surface area contributed by atoms with E-state index in [9.17, 15) is 4.79 Å². The Morgan fingerprint density at radius 2 is 2.08 bits per heavy atom. The van der Waals surface area contributed by atoms with Gasteiger partial charge in [0.1, 0.15) is 0 Å². The maximum atomic E-state index is 12.4. The van der Waals surface area contributed by atoms with Crippen LogP contribution in [0.15, 0.2) is 22.7 Å². The molecule has 0 spiro atoms. The first kappa shape index (κ1) is 16.8. The van der Waals surface area contributed by atoms with Crippen molar-refractivity contribution < 1.29 is 9.32 Å². The molecule has 1 unspecified atom stereocenters. The molecule has 0 saturated carbocycles. The molecule has 1 aromatic carbocycles. The van der Waals surface area contributed by atoms with Crippen LogP contribution in [0, 0.1) is 0 Å². The van der Waals surface area contributed by atoms with E-state index in [-0.39, 0.29) is 5.78 Å². The number of carbonyl (C=O) groups excluding carboxylic acids is 1. The highest BCUT2D eigenvalue weighted by atomic mass is 16.5. The largest absolute Gasteiger partial charge is 0.339 e. The molecule has 1 aromatic heterocycles. The molecule has 0 saturated heterocycles. The van der Waals surface area contributed by atoms with Gasteiger partial charge in [0, 0.05) is 30.9 Å². The summed E-state index contributed by atoms with van der Waals surface area (Å²) in [4.78, 5) is 16.8. The summed E-state index contributed by atoms with van der Waals surface area (Å²) in [5, 5.41) is 7.12. The van der Waals surface area contributed by atoms with Crippen molar-refractivity contribution in [2.75, 3.05) is 7.05 Å². The molecule has 0 bridgehead atoms. The van der Waals surface area contributed by atoms with Crippen molar-refractivity contribution in [2.24, 2.45) is 0 Å². The van der Waals surface area contributed by atoms with Crippen molar-refractivity contribution >= 4 is 5.78 Å². The van der Waals surface area contributed by atoms with Crippen LogP contribution in [0.25, 0.3) is 0 Å². The number of hydrogen-bond donors (Lipinski definition) is 1. The van der Waals surface area contributed by atoms with Gasteiger partial charge in [0.2, 0.25) is 5.89 Å². The van der Waals surface area contributed by atoms with E-state index in [1.165, 1.54) is 24.0 Å². The third-order valence-corrected chi connectivity index (χ3v) is 4.73. The van der Waals surface area contributed by atoms with E-state index < -0.39 is 0 Å². The quantitative estimate of drug-likeness (QED) is 0.792. The Balaban J connectivity index is 1.57. The van der Waals surface area contributed by atoms with Crippen molar-refractivity contribution in [1.29, 1.82) is 0 Å². The fraction of sp³-hybridized carbons (Fsp3) is 0.526. The van der Waals surface area contributed by atoms with Gasteiger partial charge in [-0.15, -0.1) is 0 Å². The highest BCUT2D eigenvalue weighted by molar-refractivity contribution is 5.96. The number of nitrogens with zero attached hydrogens (tertiary/aromatic N) is 2. The number of likely N-dealkylation sites (N-methyl/N-ethyl adjacent to an activating group) is 1. The third kappa shape index (κ3) is 4.09. The average molecular weight is 327 g/mol. The fourth-order valence-corrected chi connectivity index (χ4v) is 3.12. The van der Waals surface area contributed by atoms with Crippen LogP contribution in [0.2, 0.25) is 0 Å². The second kappa shape index (κ2) is 7.71. The summed E-state index contributed by atoms with van der Waals surface area (Å²) in [6, 6.07) is 6.45. The van der Waals surface area contributed by atoms with Crippen LogP contribution in [0.5, 0.6) is 0 Å². The van der Waals surface area contributed by atoms with Gasteiger partial charge in [-0.25, -0.2) is 0 Å². The zero-order valence-corrected chi connectivity index (χ0v) is 14.5. The molecule has 1 aliphatic rings. The number of carbonyl (C=O) groups is 1. The minimum atomic E-state index is 0.145. The Morgan fingerprint density at radius 1 is 1.29 bits per heavy atom. The topological polar surface area (TPSA) is 68.0 Å². The zero-order chi connectivity index (χ0) is 16.9. The van der Waals surface area contributed by atoms with Crippen molar-refractivity contribution in [3.05, 3.63) is 46.6 Å². The zero-order valence-electron chi connectivity index (χ0n) is 14.5. The van der Waals surface area contributed by atoms with Crippen molar-refractivity contribution in [2.45, 2.75) is 57.9 Å². The monoisotopic (exact) mass is 327 g/mol. The number of nitrogens with one attached hydrogen (secondary N) is 1. The molecule has 0 aliphatic heterocycles. The minimum Gasteiger partial charge on any atom is -0.339 e. The second-order valence-corrected chi connectivity index (χ2v) is 6.61. The summed E-state index contributed by atoms with van der Waals surface area (Å²) in [5.74, 6) is 1.37. The van der Waals surface area contributed by atoms with Gasteiger partial charge in [0.25, 0.3) is 0 Å². The summed E-state index contributed by atoms with van der Waals surface area (Å²) in [6.45, 7) is 2.07. The van der Waals surface area contributed by atoms with Gasteiger partial charge in [0.05, 0.1) is 0 Å². The van der Waals surface area contributed by atoms with Crippen molar-refractivity contribution in [3.63, 3.8) is 0 Å². The van der Waals surface area contributed by atoms with Gasteiger partial charge < -0.3 is 9.84 Å². The van der Waals surface area contributed by atoms with Crippen LogP contribution in [0.4, 0.5) is 0 Å². The molecule has 1 N–H and O–H groups in total. The third-order valence-electron chi connectivity index (χ3n) is 4.73. The van der Waals surface area contributed by atoms with Gasteiger partial charge in [-0.3, -0.25) is 4.79 Å². The molecular formula is C19H25N3O2. The molecule has 3 rings (SSSR count). The second-order valence-electron chi connectivity index (χ2n) is 6.61. The Labute approximate surface area is 142 Å². The van der Waals surface area contributed by atoms with E-state index in [1.807, 2.05) is 13.1 Å². The molecular weight excluding hydrogens is 302 g/mol. The lowest BCUT2D eigenvalue weighted by atomic mass is 9.89. The number of benzene rings is 1. The summed E-state index contributed by atoms with van der Waals surface area (Å²) >= 11 is 0. The number of aryl methyl sites for hydroxylation is 3. The van der Waals surface area contributed by atoms with Crippen molar-refractivity contribution in [1.82, 2.24) is 15.5 Å². The van der Waals surface area contributed by atoms with Crippen LogP contribution in [-0.2, 0) is 25.7 Å². The Hall–Kier alpha value is -2.01. The Bertz CT molecular complexity index is 708. The first-order valence-electron chi connectivity index (χ1n) is 8.79. The molecule has 0 fully saturated rings. The Morgan fingerprint density at radius 3 is 2.88 bits per heavy atom. The average Bonchev–Trinajstić information content (AvgIpc) is 3.06. The van der Waals surface area contributed by atoms with E-state index in [0.717, 1.165) is 24.8 Å². The first-order chi connectivity index (χ1) is 11.7. The first-order valence-corrected chi connectivity index (χ1v) is 8.79. The summed E-state index contributed by atoms with van der Waals surface area (Å²) in [6.07, 6.45) is 6.33.